The van der Waals surface area contributed by atoms with Crippen molar-refractivity contribution in [3.63, 3.8) is 0 Å². The van der Waals surface area contributed by atoms with Gasteiger partial charge in [0.05, 0.1) is 0 Å². The third kappa shape index (κ3) is 4.36. The number of carbonyl (C=O) groups is 1. The fraction of sp³-hybridized carbons (Fsp3) is 0.438. The van der Waals surface area contributed by atoms with Crippen molar-refractivity contribution in [2.75, 3.05) is 6.61 Å². The third-order valence-corrected chi connectivity index (χ3v) is 2.67. The molecule has 0 radical (unpaired) electrons. The van der Waals surface area contributed by atoms with Gasteiger partial charge in [-0.3, -0.25) is 4.79 Å². The van der Waals surface area contributed by atoms with E-state index in [2.05, 4.69) is 45.0 Å². The number of benzene rings is 1. The zero-order valence-electron chi connectivity index (χ0n) is 11.9. The van der Waals surface area contributed by atoms with Gasteiger partial charge in [0, 0.05) is 6.92 Å². The van der Waals surface area contributed by atoms with Gasteiger partial charge in [-0.05, 0) is 29.0 Å². The lowest BCUT2D eigenvalue weighted by Crippen LogP contribution is -2.13. The number of hydrogen-bond donors (Lipinski definition) is 0. The van der Waals surface area contributed by atoms with Gasteiger partial charge in [-0.1, -0.05) is 51.1 Å². The summed E-state index contributed by atoms with van der Waals surface area (Å²) in [6, 6.07) is 8.32. The van der Waals surface area contributed by atoms with E-state index >= 15 is 0 Å². The van der Waals surface area contributed by atoms with Gasteiger partial charge in [0.2, 0.25) is 0 Å². The molecular weight excluding hydrogens is 224 g/mol. The molecule has 0 saturated heterocycles. The standard InChI is InChI=1S/C16H22O2/c1-12(11-18-13(2)17)10-14-8-6-7-9-15(14)16(3,4)5/h6-10H,11H2,1-5H3/b12-10+. The molecule has 0 atom stereocenters. The maximum absolute atomic E-state index is 10.8. The molecule has 0 amide bonds. The van der Waals surface area contributed by atoms with Crippen molar-refractivity contribution in [2.45, 2.75) is 40.0 Å². The van der Waals surface area contributed by atoms with Crippen molar-refractivity contribution in [2.24, 2.45) is 0 Å². The van der Waals surface area contributed by atoms with Crippen LogP contribution in [-0.4, -0.2) is 12.6 Å². The van der Waals surface area contributed by atoms with Crippen molar-refractivity contribution in [1.29, 1.82) is 0 Å². The first-order chi connectivity index (χ1) is 8.30. The molecule has 2 heteroatoms. The number of carbonyl (C=O) groups excluding carboxylic acids is 1. The van der Waals surface area contributed by atoms with Gasteiger partial charge < -0.3 is 4.74 Å². The lowest BCUT2D eigenvalue weighted by atomic mass is 9.83. The molecule has 1 rings (SSSR count). The molecule has 0 fully saturated rings. The lowest BCUT2D eigenvalue weighted by Gasteiger charge is -2.21. The number of rotatable bonds is 3. The first-order valence-corrected chi connectivity index (χ1v) is 6.21. The highest BCUT2D eigenvalue weighted by Gasteiger charge is 2.16. The minimum atomic E-state index is -0.244. The van der Waals surface area contributed by atoms with Gasteiger partial charge >= 0.3 is 5.97 Å². The van der Waals surface area contributed by atoms with Gasteiger partial charge in [0.15, 0.2) is 0 Å². The van der Waals surface area contributed by atoms with Crippen molar-refractivity contribution >= 4 is 12.0 Å². The Morgan fingerprint density at radius 3 is 2.39 bits per heavy atom. The SMILES string of the molecule is CC(=O)OC/C(C)=C/c1ccccc1C(C)(C)C. The first-order valence-electron chi connectivity index (χ1n) is 6.21. The predicted octanol–water partition coefficient (Wildman–Crippen LogP) is 3.95. The highest BCUT2D eigenvalue weighted by molar-refractivity contribution is 5.66. The summed E-state index contributed by atoms with van der Waals surface area (Å²) in [5.74, 6) is -0.244. The molecule has 0 aliphatic carbocycles. The van der Waals surface area contributed by atoms with Crippen LogP contribution in [0, 0.1) is 0 Å². The summed E-state index contributed by atoms with van der Waals surface area (Å²) < 4.78 is 4.99. The zero-order valence-corrected chi connectivity index (χ0v) is 11.9. The van der Waals surface area contributed by atoms with Crippen LogP contribution in [0.5, 0.6) is 0 Å². The minimum absolute atomic E-state index is 0.106. The zero-order chi connectivity index (χ0) is 13.8. The quantitative estimate of drug-likeness (QED) is 0.755. The summed E-state index contributed by atoms with van der Waals surface area (Å²) >= 11 is 0. The van der Waals surface area contributed by atoms with E-state index in [0.29, 0.717) is 6.61 Å². The normalized spacial score (nSPS) is 12.4. The molecule has 0 aliphatic rings. The fourth-order valence-corrected chi connectivity index (χ4v) is 1.83. The second-order valence-electron chi connectivity index (χ2n) is 5.61. The number of esters is 1. The molecule has 0 heterocycles. The number of ether oxygens (including phenoxy) is 1. The smallest absolute Gasteiger partial charge is 0.302 e. The molecule has 2 nitrogen and oxygen atoms in total. The van der Waals surface area contributed by atoms with E-state index in [1.807, 2.05) is 13.0 Å². The minimum Gasteiger partial charge on any atom is -0.461 e. The van der Waals surface area contributed by atoms with Crippen molar-refractivity contribution in [3.05, 3.63) is 41.0 Å². The largest absolute Gasteiger partial charge is 0.461 e. The van der Waals surface area contributed by atoms with E-state index < -0.39 is 0 Å². The topological polar surface area (TPSA) is 26.3 Å². The van der Waals surface area contributed by atoms with Gasteiger partial charge in [-0.2, -0.15) is 0 Å². The molecule has 0 aliphatic heterocycles. The summed E-state index contributed by atoms with van der Waals surface area (Å²) in [5.41, 5.74) is 3.64. The van der Waals surface area contributed by atoms with Crippen molar-refractivity contribution < 1.29 is 9.53 Å². The van der Waals surface area contributed by atoms with E-state index in [1.165, 1.54) is 18.1 Å². The molecule has 0 N–H and O–H groups in total. The van der Waals surface area contributed by atoms with Crippen LogP contribution < -0.4 is 0 Å². The second-order valence-corrected chi connectivity index (χ2v) is 5.61. The molecule has 18 heavy (non-hydrogen) atoms. The third-order valence-electron chi connectivity index (χ3n) is 2.67. The van der Waals surface area contributed by atoms with Gasteiger partial charge in [0.25, 0.3) is 0 Å². The maximum atomic E-state index is 10.8. The molecule has 1 aromatic carbocycles. The van der Waals surface area contributed by atoms with Crippen LogP contribution >= 0.6 is 0 Å². The van der Waals surface area contributed by atoms with E-state index in [1.54, 1.807) is 0 Å². The van der Waals surface area contributed by atoms with Crippen LogP contribution in [0.3, 0.4) is 0 Å². The predicted molar refractivity (Wildman–Crippen MR) is 75.4 cm³/mol. The average molecular weight is 246 g/mol. The molecule has 1 aromatic rings. The Labute approximate surface area is 110 Å². The summed E-state index contributed by atoms with van der Waals surface area (Å²) in [6.07, 6.45) is 2.09. The van der Waals surface area contributed by atoms with E-state index in [-0.39, 0.29) is 11.4 Å². The van der Waals surface area contributed by atoms with Gasteiger partial charge in [0.1, 0.15) is 6.61 Å². The Kier molecular flexibility index (Phi) is 4.71. The van der Waals surface area contributed by atoms with Crippen LogP contribution in [0.15, 0.2) is 29.8 Å². The van der Waals surface area contributed by atoms with Crippen LogP contribution in [0.4, 0.5) is 0 Å². The summed E-state index contributed by atoms with van der Waals surface area (Å²) in [4.78, 5) is 10.8. The summed E-state index contributed by atoms with van der Waals surface area (Å²) in [6.45, 7) is 10.3. The van der Waals surface area contributed by atoms with E-state index in [0.717, 1.165) is 5.57 Å². The highest BCUT2D eigenvalue weighted by atomic mass is 16.5. The Morgan fingerprint density at radius 1 is 1.22 bits per heavy atom. The lowest BCUT2D eigenvalue weighted by molar-refractivity contribution is -0.139. The first kappa shape index (κ1) is 14.5. The molecule has 98 valence electrons. The van der Waals surface area contributed by atoms with E-state index in [4.69, 9.17) is 4.74 Å². The van der Waals surface area contributed by atoms with Crippen LogP contribution in [0.25, 0.3) is 6.08 Å². The molecular formula is C16H22O2. The second kappa shape index (κ2) is 5.85. The summed E-state index contributed by atoms with van der Waals surface area (Å²) in [7, 11) is 0. The average Bonchev–Trinajstić information content (AvgIpc) is 2.25. The molecule has 0 unspecified atom stereocenters. The van der Waals surface area contributed by atoms with Crippen LogP contribution in [-0.2, 0) is 14.9 Å². The summed E-state index contributed by atoms with van der Waals surface area (Å²) in [5, 5.41) is 0. The van der Waals surface area contributed by atoms with Crippen LogP contribution in [0.1, 0.15) is 45.7 Å². The molecule has 0 saturated carbocycles. The molecule has 0 bridgehead atoms. The highest BCUT2D eigenvalue weighted by Crippen LogP contribution is 2.27. The maximum Gasteiger partial charge on any atom is 0.302 e. The Hall–Kier alpha value is -1.57. The van der Waals surface area contributed by atoms with Gasteiger partial charge in [-0.15, -0.1) is 0 Å². The Balaban J connectivity index is 2.96. The Morgan fingerprint density at radius 2 is 1.83 bits per heavy atom. The fourth-order valence-electron chi connectivity index (χ4n) is 1.83. The monoisotopic (exact) mass is 246 g/mol. The molecule has 0 aromatic heterocycles. The Bertz CT molecular complexity index is 450. The van der Waals surface area contributed by atoms with Crippen molar-refractivity contribution in [1.82, 2.24) is 0 Å². The van der Waals surface area contributed by atoms with Gasteiger partial charge in [-0.25, -0.2) is 0 Å². The van der Waals surface area contributed by atoms with Crippen LogP contribution in [0.2, 0.25) is 0 Å². The van der Waals surface area contributed by atoms with Crippen molar-refractivity contribution in [3.8, 4) is 0 Å². The number of hydrogen-bond acceptors (Lipinski definition) is 2. The van der Waals surface area contributed by atoms with E-state index in [9.17, 15) is 4.79 Å². The molecule has 0 spiro atoms.